The summed E-state index contributed by atoms with van der Waals surface area (Å²) >= 11 is 0. The zero-order chi connectivity index (χ0) is 14.2. The van der Waals surface area contributed by atoms with E-state index in [4.69, 9.17) is 4.74 Å². The van der Waals surface area contributed by atoms with Crippen LogP contribution >= 0.6 is 0 Å². The van der Waals surface area contributed by atoms with Crippen molar-refractivity contribution in [2.24, 2.45) is 7.05 Å². The van der Waals surface area contributed by atoms with E-state index in [-0.39, 0.29) is 0 Å². The van der Waals surface area contributed by atoms with E-state index in [1.165, 1.54) is 0 Å². The van der Waals surface area contributed by atoms with Crippen molar-refractivity contribution in [3.05, 3.63) is 42.5 Å². The summed E-state index contributed by atoms with van der Waals surface area (Å²) in [5.41, 5.74) is 0. The Labute approximate surface area is 120 Å². The van der Waals surface area contributed by atoms with Gasteiger partial charge in [-0.25, -0.2) is 4.98 Å². The van der Waals surface area contributed by atoms with Gasteiger partial charge in [0, 0.05) is 19.5 Å². The van der Waals surface area contributed by atoms with Gasteiger partial charge in [-0.3, -0.25) is 4.68 Å². The van der Waals surface area contributed by atoms with E-state index in [1.54, 1.807) is 6.33 Å². The third-order valence-electron chi connectivity index (χ3n) is 3.21. The second-order valence-electron chi connectivity index (χ2n) is 4.71. The molecule has 1 N–H and O–H groups in total. The van der Waals surface area contributed by atoms with Crippen molar-refractivity contribution in [1.29, 1.82) is 0 Å². The van der Waals surface area contributed by atoms with E-state index in [0.29, 0.717) is 12.6 Å². The lowest BCUT2D eigenvalue weighted by molar-refractivity contribution is 0.284. The molecule has 2 rings (SSSR count). The van der Waals surface area contributed by atoms with E-state index < -0.39 is 0 Å². The molecule has 0 spiro atoms. The highest BCUT2D eigenvalue weighted by atomic mass is 16.5. The van der Waals surface area contributed by atoms with Gasteiger partial charge in [0.2, 0.25) is 0 Å². The lowest BCUT2D eigenvalue weighted by atomic mass is 10.1. The normalized spacial score (nSPS) is 12.3. The molecule has 0 bridgehead atoms. The number of likely N-dealkylation sites (N-methyl/N-ethyl adjacent to an activating group) is 1. The first-order valence-corrected chi connectivity index (χ1v) is 7.03. The number of hydrogen-bond donors (Lipinski definition) is 1. The summed E-state index contributed by atoms with van der Waals surface area (Å²) in [6.07, 6.45) is 3.40. The summed E-state index contributed by atoms with van der Waals surface area (Å²) in [5, 5.41) is 7.58. The van der Waals surface area contributed by atoms with Crippen LogP contribution in [-0.2, 0) is 13.5 Å². The SMILES string of the molecule is CCNC(CCOc1ccccc1)Cc1ncnn1C. The second kappa shape index (κ2) is 7.65. The molecule has 5 heteroatoms. The van der Waals surface area contributed by atoms with E-state index in [0.717, 1.165) is 31.0 Å². The third-order valence-corrected chi connectivity index (χ3v) is 3.21. The minimum atomic E-state index is 0.353. The molecule has 0 fully saturated rings. The van der Waals surface area contributed by atoms with Gasteiger partial charge in [0.05, 0.1) is 6.61 Å². The van der Waals surface area contributed by atoms with Crippen LogP contribution in [0.3, 0.4) is 0 Å². The Hall–Kier alpha value is -1.88. The van der Waals surface area contributed by atoms with Crippen LogP contribution in [0.4, 0.5) is 0 Å². The molecule has 0 aliphatic carbocycles. The fourth-order valence-electron chi connectivity index (χ4n) is 2.13. The standard InChI is InChI=1S/C15H22N4O/c1-3-16-13(11-15-17-12-18-19(15)2)9-10-20-14-7-5-4-6-8-14/h4-8,12-13,16H,3,9-11H2,1-2H3. The molecular weight excluding hydrogens is 252 g/mol. The van der Waals surface area contributed by atoms with E-state index >= 15 is 0 Å². The average Bonchev–Trinajstić information content (AvgIpc) is 2.86. The van der Waals surface area contributed by atoms with E-state index in [9.17, 15) is 0 Å². The van der Waals surface area contributed by atoms with Crippen molar-refractivity contribution in [3.8, 4) is 5.75 Å². The molecule has 108 valence electrons. The maximum absolute atomic E-state index is 5.75. The first-order valence-electron chi connectivity index (χ1n) is 7.03. The summed E-state index contributed by atoms with van der Waals surface area (Å²) in [6.45, 7) is 3.75. The Morgan fingerprint density at radius 3 is 2.75 bits per heavy atom. The maximum Gasteiger partial charge on any atom is 0.138 e. The van der Waals surface area contributed by atoms with Crippen LogP contribution in [0.25, 0.3) is 0 Å². The second-order valence-corrected chi connectivity index (χ2v) is 4.71. The van der Waals surface area contributed by atoms with Crippen molar-refractivity contribution in [1.82, 2.24) is 20.1 Å². The van der Waals surface area contributed by atoms with Crippen LogP contribution in [-0.4, -0.2) is 34.0 Å². The van der Waals surface area contributed by atoms with Crippen LogP contribution in [0.2, 0.25) is 0 Å². The molecule has 1 atom stereocenters. The number of hydrogen-bond acceptors (Lipinski definition) is 4. The molecule has 0 aliphatic rings. The van der Waals surface area contributed by atoms with Crippen molar-refractivity contribution >= 4 is 0 Å². The zero-order valence-corrected chi connectivity index (χ0v) is 12.1. The largest absolute Gasteiger partial charge is 0.494 e. The summed E-state index contributed by atoms with van der Waals surface area (Å²) < 4.78 is 7.57. The van der Waals surface area contributed by atoms with Crippen molar-refractivity contribution in [2.75, 3.05) is 13.2 Å². The minimum absolute atomic E-state index is 0.353. The van der Waals surface area contributed by atoms with Crippen LogP contribution in [0, 0.1) is 0 Å². The smallest absolute Gasteiger partial charge is 0.138 e. The number of aryl methyl sites for hydroxylation is 1. The van der Waals surface area contributed by atoms with Gasteiger partial charge in [-0.2, -0.15) is 5.10 Å². The highest BCUT2D eigenvalue weighted by Gasteiger charge is 2.12. The fraction of sp³-hybridized carbons (Fsp3) is 0.467. The molecule has 0 aliphatic heterocycles. The van der Waals surface area contributed by atoms with Gasteiger partial charge in [-0.1, -0.05) is 25.1 Å². The predicted octanol–water partition coefficient (Wildman–Crippen LogP) is 1.80. The Morgan fingerprint density at radius 2 is 2.10 bits per heavy atom. The highest BCUT2D eigenvalue weighted by Crippen LogP contribution is 2.10. The summed E-state index contributed by atoms with van der Waals surface area (Å²) in [5.74, 6) is 1.91. The number of nitrogens with zero attached hydrogens (tertiary/aromatic N) is 3. The first-order chi connectivity index (χ1) is 9.79. The van der Waals surface area contributed by atoms with E-state index in [2.05, 4.69) is 22.3 Å². The van der Waals surface area contributed by atoms with Crippen molar-refractivity contribution in [3.63, 3.8) is 0 Å². The quantitative estimate of drug-likeness (QED) is 0.797. The Morgan fingerprint density at radius 1 is 1.30 bits per heavy atom. The van der Waals surface area contributed by atoms with Crippen LogP contribution in [0.5, 0.6) is 5.75 Å². The number of nitrogens with one attached hydrogen (secondary N) is 1. The molecule has 2 aromatic rings. The van der Waals surface area contributed by atoms with Crippen LogP contribution in [0.15, 0.2) is 36.7 Å². The summed E-state index contributed by atoms with van der Waals surface area (Å²) in [6, 6.07) is 10.3. The van der Waals surface area contributed by atoms with Crippen molar-refractivity contribution in [2.45, 2.75) is 25.8 Å². The molecule has 1 aromatic carbocycles. The molecule has 20 heavy (non-hydrogen) atoms. The number of benzene rings is 1. The summed E-state index contributed by atoms with van der Waals surface area (Å²) in [7, 11) is 1.92. The topological polar surface area (TPSA) is 52.0 Å². The molecule has 5 nitrogen and oxygen atoms in total. The number of ether oxygens (including phenoxy) is 1. The zero-order valence-electron chi connectivity index (χ0n) is 12.1. The Kier molecular flexibility index (Phi) is 5.55. The molecule has 0 saturated heterocycles. The van der Waals surface area contributed by atoms with Crippen LogP contribution < -0.4 is 10.1 Å². The van der Waals surface area contributed by atoms with Crippen LogP contribution in [0.1, 0.15) is 19.2 Å². The first kappa shape index (κ1) is 14.5. The molecule has 0 saturated carbocycles. The number of rotatable bonds is 8. The van der Waals surface area contributed by atoms with Gasteiger partial charge < -0.3 is 10.1 Å². The lowest BCUT2D eigenvalue weighted by Crippen LogP contribution is -2.33. The van der Waals surface area contributed by atoms with Gasteiger partial charge >= 0.3 is 0 Å². The predicted molar refractivity (Wildman–Crippen MR) is 78.7 cm³/mol. The number of aromatic nitrogens is 3. The Bertz CT molecular complexity index is 498. The average molecular weight is 274 g/mol. The summed E-state index contributed by atoms with van der Waals surface area (Å²) in [4.78, 5) is 4.28. The molecule has 1 unspecified atom stereocenters. The number of para-hydroxylation sites is 1. The Balaban J connectivity index is 1.82. The van der Waals surface area contributed by atoms with Gasteiger partial charge in [0.1, 0.15) is 17.9 Å². The fourth-order valence-corrected chi connectivity index (χ4v) is 2.13. The lowest BCUT2D eigenvalue weighted by Gasteiger charge is -2.17. The van der Waals surface area contributed by atoms with Gasteiger partial charge in [0.25, 0.3) is 0 Å². The minimum Gasteiger partial charge on any atom is -0.494 e. The van der Waals surface area contributed by atoms with Gasteiger partial charge in [-0.05, 0) is 25.1 Å². The van der Waals surface area contributed by atoms with Gasteiger partial charge in [0.15, 0.2) is 0 Å². The molecule has 0 amide bonds. The monoisotopic (exact) mass is 274 g/mol. The molecule has 0 radical (unpaired) electrons. The highest BCUT2D eigenvalue weighted by molar-refractivity contribution is 5.20. The molecule has 1 heterocycles. The molecular formula is C15H22N4O. The van der Waals surface area contributed by atoms with Crippen molar-refractivity contribution < 1.29 is 4.74 Å². The van der Waals surface area contributed by atoms with E-state index in [1.807, 2.05) is 42.1 Å². The van der Waals surface area contributed by atoms with Gasteiger partial charge in [-0.15, -0.1) is 0 Å². The molecule has 1 aromatic heterocycles. The maximum atomic E-state index is 5.75. The third kappa shape index (κ3) is 4.35.